The van der Waals surface area contributed by atoms with Gasteiger partial charge < -0.3 is 20.1 Å². The number of amides is 2. The van der Waals surface area contributed by atoms with E-state index >= 15 is 0 Å². The average Bonchev–Trinajstić information content (AvgIpc) is 2.39. The van der Waals surface area contributed by atoms with Crippen molar-refractivity contribution in [3.8, 4) is 0 Å². The van der Waals surface area contributed by atoms with Crippen molar-refractivity contribution in [1.82, 2.24) is 10.2 Å². The Morgan fingerprint density at radius 1 is 1.32 bits per heavy atom. The van der Waals surface area contributed by atoms with E-state index in [1.54, 1.807) is 4.90 Å². The summed E-state index contributed by atoms with van der Waals surface area (Å²) in [5, 5.41) is 10.9. The van der Waals surface area contributed by atoms with Gasteiger partial charge in [-0.05, 0) is 6.92 Å². The summed E-state index contributed by atoms with van der Waals surface area (Å²) in [6.07, 6.45) is 0. The van der Waals surface area contributed by atoms with Crippen LogP contribution in [-0.2, 0) is 19.1 Å². The number of rotatable bonds is 6. The molecule has 7 nitrogen and oxygen atoms in total. The average molecular weight is 290 g/mol. The number of hydrogen-bond acceptors (Lipinski definition) is 5. The molecule has 0 bridgehead atoms. The van der Waals surface area contributed by atoms with Crippen LogP contribution in [0.5, 0.6) is 0 Å². The molecule has 19 heavy (non-hydrogen) atoms. The van der Waals surface area contributed by atoms with Gasteiger partial charge in [-0.25, -0.2) is 0 Å². The molecule has 1 heterocycles. The number of nitrogens with one attached hydrogen (secondary N) is 1. The summed E-state index contributed by atoms with van der Waals surface area (Å²) in [4.78, 5) is 35.3. The summed E-state index contributed by atoms with van der Waals surface area (Å²) >= 11 is 1.18. The number of carboxylic acid groups (broad SMARTS) is 1. The molecule has 0 aromatic rings. The number of carbonyl (C=O) groups is 3. The fourth-order valence-electron chi connectivity index (χ4n) is 1.48. The second-order valence-corrected chi connectivity index (χ2v) is 5.10. The smallest absolute Gasteiger partial charge is 0.325 e. The quantitative estimate of drug-likeness (QED) is 0.663. The van der Waals surface area contributed by atoms with E-state index in [4.69, 9.17) is 9.84 Å². The first-order chi connectivity index (χ1) is 9.00. The Hall–Kier alpha value is -1.28. The molecule has 1 aliphatic rings. The number of ether oxygens (including phenoxy) is 1. The number of morpholine rings is 1. The molecule has 0 spiro atoms. The monoisotopic (exact) mass is 290 g/mol. The largest absolute Gasteiger partial charge is 0.480 e. The van der Waals surface area contributed by atoms with Crippen LogP contribution in [0.2, 0.25) is 0 Å². The Morgan fingerprint density at radius 3 is 2.53 bits per heavy atom. The van der Waals surface area contributed by atoms with Gasteiger partial charge in [-0.3, -0.25) is 14.4 Å². The molecule has 0 unspecified atom stereocenters. The van der Waals surface area contributed by atoms with Crippen molar-refractivity contribution in [3.05, 3.63) is 0 Å². The molecule has 8 heteroatoms. The third-order valence-electron chi connectivity index (χ3n) is 2.57. The zero-order valence-electron chi connectivity index (χ0n) is 10.8. The van der Waals surface area contributed by atoms with Crippen LogP contribution in [-0.4, -0.2) is 71.6 Å². The molecule has 1 aliphatic heterocycles. The van der Waals surface area contributed by atoms with Gasteiger partial charge in [-0.1, -0.05) is 0 Å². The minimum Gasteiger partial charge on any atom is -0.480 e. The highest BCUT2D eigenvalue weighted by atomic mass is 32.2. The second kappa shape index (κ2) is 8.00. The fraction of sp³-hybridized carbons (Fsp3) is 0.727. The summed E-state index contributed by atoms with van der Waals surface area (Å²) in [6, 6.07) is -0.914. The Labute approximate surface area is 115 Å². The third kappa shape index (κ3) is 5.93. The van der Waals surface area contributed by atoms with E-state index in [0.29, 0.717) is 26.3 Å². The molecule has 0 aromatic carbocycles. The molecule has 108 valence electrons. The summed E-state index contributed by atoms with van der Waals surface area (Å²) in [5.74, 6) is -1.19. The number of hydrogen-bond donors (Lipinski definition) is 2. The first kappa shape index (κ1) is 15.8. The third-order valence-corrected chi connectivity index (χ3v) is 3.49. The van der Waals surface area contributed by atoms with Gasteiger partial charge in [-0.15, -0.1) is 11.8 Å². The van der Waals surface area contributed by atoms with Gasteiger partial charge in [-0.2, -0.15) is 0 Å². The first-order valence-corrected chi connectivity index (χ1v) is 7.11. The minimum absolute atomic E-state index is 0.0209. The second-order valence-electron chi connectivity index (χ2n) is 4.11. The molecule has 1 fully saturated rings. The zero-order chi connectivity index (χ0) is 14.3. The van der Waals surface area contributed by atoms with E-state index < -0.39 is 12.0 Å². The summed E-state index contributed by atoms with van der Waals surface area (Å²) in [5.41, 5.74) is 0. The van der Waals surface area contributed by atoms with Crippen molar-refractivity contribution in [1.29, 1.82) is 0 Å². The number of thioether (sulfide) groups is 1. The number of aliphatic carboxylic acids is 1. The standard InChI is InChI=1S/C11H18N2O5S/c1-8(11(16)17)12-9(14)6-19-7-10(15)13-2-4-18-5-3-13/h8H,2-7H2,1H3,(H,12,14)(H,16,17)/t8-/m1/s1. The van der Waals surface area contributed by atoms with Gasteiger partial charge in [0.2, 0.25) is 11.8 Å². The lowest BCUT2D eigenvalue weighted by atomic mass is 10.3. The van der Waals surface area contributed by atoms with Crippen LogP contribution in [0.3, 0.4) is 0 Å². The maximum Gasteiger partial charge on any atom is 0.325 e. The van der Waals surface area contributed by atoms with Crippen molar-refractivity contribution in [2.24, 2.45) is 0 Å². The zero-order valence-corrected chi connectivity index (χ0v) is 11.6. The molecule has 0 aliphatic carbocycles. The van der Waals surface area contributed by atoms with Crippen molar-refractivity contribution in [3.63, 3.8) is 0 Å². The molecular formula is C11H18N2O5S. The van der Waals surface area contributed by atoms with Crippen LogP contribution in [0.25, 0.3) is 0 Å². The van der Waals surface area contributed by atoms with Gasteiger partial charge in [0.05, 0.1) is 24.7 Å². The first-order valence-electron chi connectivity index (χ1n) is 5.96. The SMILES string of the molecule is C[C@@H](NC(=O)CSCC(=O)N1CCOCC1)C(=O)O. The van der Waals surface area contributed by atoms with Crippen molar-refractivity contribution in [2.45, 2.75) is 13.0 Å². The van der Waals surface area contributed by atoms with E-state index in [1.807, 2.05) is 0 Å². The van der Waals surface area contributed by atoms with Crippen LogP contribution in [0.1, 0.15) is 6.92 Å². The minimum atomic E-state index is -1.08. The van der Waals surface area contributed by atoms with Gasteiger partial charge in [0.15, 0.2) is 0 Å². The Kier molecular flexibility index (Phi) is 6.65. The maximum atomic E-state index is 11.7. The van der Waals surface area contributed by atoms with E-state index in [0.717, 1.165) is 0 Å². The number of nitrogens with zero attached hydrogens (tertiary/aromatic N) is 1. The van der Waals surface area contributed by atoms with Gasteiger partial charge in [0, 0.05) is 13.1 Å². The highest BCUT2D eigenvalue weighted by Crippen LogP contribution is 2.05. The molecule has 2 amide bonds. The molecule has 0 saturated carbocycles. The van der Waals surface area contributed by atoms with E-state index in [9.17, 15) is 14.4 Å². The van der Waals surface area contributed by atoms with Gasteiger partial charge in [0.25, 0.3) is 0 Å². The van der Waals surface area contributed by atoms with Crippen LogP contribution in [0.15, 0.2) is 0 Å². The molecule has 1 rings (SSSR count). The van der Waals surface area contributed by atoms with Crippen LogP contribution in [0, 0.1) is 0 Å². The lowest BCUT2D eigenvalue weighted by molar-refractivity contribution is -0.140. The van der Waals surface area contributed by atoms with Gasteiger partial charge in [0.1, 0.15) is 6.04 Å². The topological polar surface area (TPSA) is 95.9 Å². The number of carbonyl (C=O) groups excluding carboxylic acids is 2. The highest BCUT2D eigenvalue weighted by Gasteiger charge is 2.18. The molecule has 1 saturated heterocycles. The lowest BCUT2D eigenvalue weighted by Crippen LogP contribution is -2.42. The van der Waals surface area contributed by atoms with E-state index in [2.05, 4.69) is 5.32 Å². The molecule has 2 N–H and O–H groups in total. The van der Waals surface area contributed by atoms with E-state index in [1.165, 1.54) is 18.7 Å². The summed E-state index contributed by atoms with van der Waals surface area (Å²) < 4.78 is 5.14. The summed E-state index contributed by atoms with van der Waals surface area (Å²) in [7, 11) is 0. The number of carboxylic acids is 1. The fourth-order valence-corrected chi connectivity index (χ4v) is 2.21. The van der Waals surface area contributed by atoms with Crippen LogP contribution < -0.4 is 5.32 Å². The Balaban J connectivity index is 2.17. The molecule has 1 atom stereocenters. The predicted octanol–water partition coefficient (Wildman–Crippen LogP) is -0.832. The maximum absolute atomic E-state index is 11.7. The van der Waals surface area contributed by atoms with Crippen molar-refractivity contribution < 1.29 is 24.2 Å². The Morgan fingerprint density at radius 2 is 1.95 bits per heavy atom. The lowest BCUT2D eigenvalue weighted by Gasteiger charge is -2.26. The highest BCUT2D eigenvalue weighted by molar-refractivity contribution is 8.00. The van der Waals surface area contributed by atoms with E-state index in [-0.39, 0.29) is 23.3 Å². The molecule has 0 radical (unpaired) electrons. The molecular weight excluding hydrogens is 272 g/mol. The van der Waals surface area contributed by atoms with Crippen LogP contribution in [0.4, 0.5) is 0 Å². The molecule has 0 aromatic heterocycles. The Bertz CT molecular complexity index is 344. The summed E-state index contributed by atoms with van der Waals surface area (Å²) in [6.45, 7) is 3.66. The van der Waals surface area contributed by atoms with Crippen molar-refractivity contribution in [2.75, 3.05) is 37.8 Å². The van der Waals surface area contributed by atoms with Crippen molar-refractivity contribution >= 4 is 29.5 Å². The predicted molar refractivity (Wildman–Crippen MR) is 70.0 cm³/mol. The van der Waals surface area contributed by atoms with Crippen LogP contribution >= 0.6 is 11.8 Å². The normalized spacial score (nSPS) is 16.8. The van der Waals surface area contributed by atoms with Gasteiger partial charge >= 0.3 is 5.97 Å².